The topological polar surface area (TPSA) is 190 Å². The number of rotatable bonds is 6. The van der Waals surface area contributed by atoms with Crippen LogP contribution in [0.1, 0.15) is 6.23 Å². The highest BCUT2D eigenvalue weighted by Crippen LogP contribution is 2.49. The van der Waals surface area contributed by atoms with Gasteiger partial charge in [-0.1, -0.05) is 18.2 Å². The third-order valence-electron chi connectivity index (χ3n) is 5.20. The predicted octanol–water partition coefficient (Wildman–Crippen LogP) is -0.109. The van der Waals surface area contributed by atoms with Gasteiger partial charge >= 0.3 is 7.75 Å². The highest BCUT2D eigenvalue weighted by Gasteiger charge is 2.62. The molecule has 0 amide bonds. The summed E-state index contributed by atoms with van der Waals surface area (Å²) in [6, 6.07) is 8.32. The van der Waals surface area contributed by atoms with Gasteiger partial charge in [-0.05, 0) is 12.1 Å². The number of imidazole rings is 1. The largest absolute Gasteiger partial charge is 0.456 e. The number of para-hydroxylation sites is 1. The Labute approximate surface area is 174 Å². The molecular formula is C17H19N6O7P. The molecule has 2 fully saturated rings. The fourth-order valence-corrected chi connectivity index (χ4v) is 4.59. The van der Waals surface area contributed by atoms with Crippen molar-refractivity contribution in [2.24, 2.45) is 5.50 Å². The Morgan fingerprint density at radius 1 is 1.39 bits per heavy atom. The number of fused-ring (bicyclic) bond motifs is 3. The highest BCUT2D eigenvalue weighted by atomic mass is 31.2. The van der Waals surface area contributed by atoms with E-state index in [0.717, 1.165) is 0 Å². The lowest BCUT2D eigenvalue weighted by molar-refractivity contribution is -0.183. The third kappa shape index (κ3) is 3.41. The fraction of sp³-hybridized carbons (Fsp3) is 0.353. The van der Waals surface area contributed by atoms with E-state index in [2.05, 4.69) is 15.0 Å². The number of H-pyrrole nitrogens is 1. The molecule has 2 saturated heterocycles. The van der Waals surface area contributed by atoms with Crippen molar-refractivity contribution < 1.29 is 28.2 Å². The summed E-state index contributed by atoms with van der Waals surface area (Å²) in [5.41, 5.74) is 9.69. The van der Waals surface area contributed by atoms with Crippen LogP contribution in [0.4, 0.5) is 5.95 Å². The molecule has 0 spiro atoms. The minimum absolute atomic E-state index is 0.0244. The van der Waals surface area contributed by atoms with Crippen LogP contribution in [0.15, 0.2) is 41.5 Å². The molecule has 31 heavy (non-hydrogen) atoms. The van der Waals surface area contributed by atoms with Crippen LogP contribution in [0.3, 0.4) is 0 Å². The van der Waals surface area contributed by atoms with Crippen molar-refractivity contribution >= 4 is 24.9 Å². The van der Waals surface area contributed by atoms with E-state index >= 15 is 0 Å². The SMILES string of the molecule is Nc1nc2c(ncn2C2O[C@@]3(COP(N)(=O)Oc4ccccc4)CO[C@@H]2[C@@H]3O)c(=O)[nH]1. The zero-order valence-electron chi connectivity index (χ0n) is 16.0. The van der Waals surface area contributed by atoms with Crippen LogP contribution in [0.25, 0.3) is 11.2 Å². The van der Waals surface area contributed by atoms with Crippen molar-refractivity contribution in [2.45, 2.75) is 24.0 Å². The Morgan fingerprint density at radius 2 is 2.16 bits per heavy atom. The second-order valence-electron chi connectivity index (χ2n) is 7.29. The summed E-state index contributed by atoms with van der Waals surface area (Å²) in [4.78, 5) is 22.5. The third-order valence-corrected chi connectivity index (χ3v) is 6.15. The summed E-state index contributed by atoms with van der Waals surface area (Å²) < 4.78 is 36.3. The van der Waals surface area contributed by atoms with Crippen molar-refractivity contribution in [3.63, 3.8) is 0 Å². The lowest BCUT2D eigenvalue weighted by Gasteiger charge is -2.31. The molecule has 0 aliphatic carbocycles. The van der Waals surface area contributed by atoms with Crippen molar-refractivity contribution in [3.8, 4) is 5.75 Å². The van der Waals surface area contributed by atoms with Gasteiger partial charge in [0.15, 0.2) is 17.4 Å². The van der Waals surface area contributed by atoms with Gasteiger partial charge in [-0.2, -0.15) is 4.98 Å². The van der Waals surface area contributed by atoms with Crippen LogP contribution in [-0.4, -0.2) is 55.6 Å². The molecule has 2 bridgehead atoms. The molecule has 3 aromatic rings. The Hall–Kier alpha value is -2.80. The zero-order valence-corrected chi connectivity index (χ0v) is 16.8. The quantitative estimate of drug-likeness (QED) is 0.367. The number of nitrogens with two attached hydrogens (primary N) is 2. The van der Waals surface area contributed by atoms with E-state index in [-0.39, 0.29) is 36.1 Å². The van der Waals surface area contributed by atoms with Gasteiger partial charge < -0.3 is 24.8 Å². The van der Waals surface area contributed by atoms with Crippen LogP contribution in [-0.2, 0) is 18.6 Å². The standard InChI is InChI=1S/C17H19N6O7P/c18-16-21-13-10(14(25)22-16)20-8-23(13)15-11-12(24)17(29-15,6-27-11)7-28-31(19,26)30-9-4-2-1-3-5-9/h1-5,8,11-12,15,24H,6-7H2,(H2,19,26)(H3,18,21,22,25)/t11-,12+,15?,17-,31?/m1/s1. The number of ether oxygens (including phenoxy) is 2. The van der Waals surface area contributed by atoms with Gasteiger partial charge in [0.05, 0.1) is 19.5 Å². The molecule has 2 aliphatic heterocycles. The smallest absolute Gasteiger partial charge is 0.413 e. The van der Waals surface area contributed by atoms with E-state index in [0.29, 0.717) is 0 Å². The number of benzene rings is 1. The Bertz CT molecular complexity index is 1230. The van der Waals surface area contributed by atoms with Crippen LogP contribution < -0.4 is 21.3 Å². The number of aliphatic hydroxyl groups is 1. The minimum atomic E-state index is -4.00. The van der Waals surface area contributed by atoms with Gasteiger partial charge in [0, 0.05) is 0 Å². The van der Waals surface area contributed by atoms with E-state index in [4.69, 9.17) is 29.8 Å². The lowest BCUT2D eigenvalue weighted by atomic mass is 10.0. The Kier molecular flexibility index (Phi) is 4.62. The zero-order chi connectivity index (χ0) is 21.8. The number of aromatic nitrogens is 4. The minimum Gasteiger partial charge on any atom is -0.413 e. The molecule has 4 heterocycles. The number of aliphatic hydroxyl groups excluding tert-OH is 1. The molecule has 5 rings (SSSR count). The second kappa shape index (κ2) is 7.12. The van der Waals surface area contributed by atoms with Crippen molar-refractivity contribution in [1.29, 1.82) is 0 Å². The molecule has 164 valence electrons. The predicted molar refractivity (Wildman–Crippen MR) is 106 cm³/mol. The van der Waals surface area contributed by atoms with Gasteiger partial charge in [0.2, 0.25) is 5.95 Å². The number of nitrogens with one attached hydrogen (secondary N) is 1. The first kappa shape index (κ1) is 20.1. The molecule has 2 aliphatic rings. The summed E-state index contributed by atoms with van der Waals surface area (Å²) in [6.07, 6.45) is -1.48. The van der Waals surface area contributed by atoms with Crippen LogP contribution in [0, 0.1) is 0 Å². The molecule has 2 unspecified atom stereocenters. The summed E-state index contributed by atoms with van der Waals surface area (Å²) in [5, 5.41) is 10.8. The number of nitrogen functional groups attached to an aromatic ring is 1. The highest BCUT2D eigenvalue weighted by molar-refractivity contribution is 7.51. The van der Waals surface area contributed by atoms with Crippen LogP contribution in [0.5, 0.6) is 5.75 Å². The normalized spacial score (nSPS) is 29.3. The molecular weight excluding hydrogens is 431 g/mol. The number of hydrogen-bond donors (Lipinski definition) is 4. The molecule has 1 aromatic carbocycles. The molecule has 14 heteroatoms. The molecule has 6 N–H and O–H groups in total. The van der Waals surface area contributed by atoms with Gasteiger partial charge in [-0.3, -0.25) is 18.9 Å². The molecule has 13 nitrogen and oxygen atoms in total. The van der Waals surface area contributed by atoms with Gasteiger partial charge in [-0.15, -0.1) is 0 Å². The summed E-state index contributed by atoms with van der Waals surface area (Å²) >= 11 is 0. The molecule has 2 aromatic heterocycles. The van der Waals surface area contributed by atoms with Crippen LogP contribution >= 0.6 is 7.75 Å². The monoisotopic (exact) mass is 450 g/mol. The summed E-state index contributed by atoms with van der Waals surface area (Å²) in [6.45, 7) is -0.381. The van der Waals surface area contributed by atoms with Gasteiger partial charge in [-0.25, -0.2) is 15.1 Å². The lowest BCUT2D eigenvalue weighted by Crippen LogP contribution is -2.45. The van der Waals surface area contributed by atoms with Gasteiger partial charge in [0.25, 0.3) is 5.56 Å². The first-order valence-electron chi connectivity index (χ1n) is 9.26. The van der Waals surface area contributed by atoms with E-state index < -0.39 is 37.3 Å². The Morgan fingerprint density at radius 3 is 2.94 bits per heavy atom. The number of nitrogens with zero attached hydrogens (tertiary/aromatic N) is 3. The van der Waals surface area contributed by atoms with E-state index in [1.54, 1.807) is 30.3 Å². The van der Waals surface area contributed by atoms with E-state index in [1.165, 1.54) is 10.9 Å². The Balaban J connectivity index is 1.37. The van der Waals surface area contributed by atoms with E-state index in [1.807, 2.05) is 0 Å². The maximum Gasteiger partial charge on any atom is 0.456 e. The van der Waals surface area contributed by atoms with Crippen LogP contribution in [0.2, 0.25) is 0 Å². The first-order chi connectivity index (χ1) is 14.8. The average Bonchev–Trinajstić information content (AvgIpc) is 3.37. The van der Waals surface area contributed by atoms with Gasteiger partial charge in [0.1, 0.15) is 23.6 Å². The number of hydrogen-bond acceptors (Lipinski definition) is 10. The maximum atomic E-state index is 12.6. The molecule has 0 saturated carbocycles. The summed E-state index contributed by atoms with van der Waals surface area (Å²) in [5.74, 6) is 0.181. The fourth-order valence-electron chi connectivity index (χ4n) is 3.72. The van der Waals surface area contributed by atoms with Crippen molar-refractivity contribution in [1.82, 2.24) is 19.5 Å². The molecule has 0 radical (unpaired) electrons. The first-order valence-corrected chi connectivity index (χ1v) is 10.9. The molecule has 5 atom stereocenters. The van der Waals surface area contributed by atoms with Crippen molar-refractivity contribution in [3.05, 3.63) is 47.0 Å². The summed E-state index contributed by atoms with van der Waals surface area (Å²) in [7, 11) is -4.00. The van der Waals surface area contributed by atoms with Crippen molar-refractivity contribution in [2.75, 3.05) is 18.9 Å². The van der Waals surface area contributed by atoms with E-state index in [9.17, 15) is 14.5 Å². The number of aromatic amines is 1. The second-order valence-corrected chi connectivity index (χ2v) is 8.81. The average molecular weight is 450 g/mol. The maximum absolute atomic E-state index is 12.6. The number of anilines is 1.